The summed E-state index contributed by atoms with van der Waals surface area (Å²) in [5.74, 6) is 0.113. The minimum atomic E-state index is 0. The third-order valence-corrected chi connectivity index (χ3v) is 5.87. The third kappa shape index (κ3) is 4.33. The van der Waals surface area contributed by atoms with E-state index in [1.54, 1.807) is 6.92 Å². The van der Waals surface area contributed by atoms with Crippen LogP contribution in [0.25, 0.3) is 0 Å². The van der Waals surface area contributed by atoms with Gasteiger partial charge in [0.15, 0.2) is 10.6 Å². The number of rotatable bonds is 4. The molecule has 136 valence electrons. The minimum Gasteiger partial charge on any atom is -0.372 e. The molecule has 2 aromatic rings. The first-order valence-electron chi connectivity index (χ1n) is 8.71. The number of anilines is 1. The lowest BCUT2D eigenvalue weighted by Gasteiger charge is -2.28. The van der Waals surface area contributed by atoms with Gasteiger partial charge < -0.3 is 9.47 Å². The average Bonchev–Trinajstić information content (AvgIpc) is 2.92. The van der Waals surface area contributed by atoms with Crippen molar-refractivity contribution in [3.63, 3.8) is 0 Å². The van der Waals surface area contributed by atoms with Gasteiger partial charge in [0, 0.05) is 37.9 Å². The Kier molecular flexibility index (Phi) is 6.85. The maximum atomic E-state index is 11.8. The standard InChI is InChI=1S/C19H25N3OS.ClH/c1-4-22-14(2)18(15(3)23)24-19(22)20-16-8-10-17(11-9-16)21-12-6-5-7-13-21;/h8-11H,4-7,12-13H2,1-3H3;1H. The van der Waals surface area contributed by atoms with Crippen LogP contribution in [0.4, 0.5) is 11.4 Å². The molecule has 0 spiro atoms. The summed E-state index contributed by atoms with van der Waals surface area (Å²) in [5, 5.41) is 0. The predicted octanol–water partition coefficient (Wildman–Crippen LogP) is 4.73. The molecule has 1 fully saturated rings. The molecule has 3 rings (SSSR count). The average molecular weight is 380 g/mol. The molecule has 0 atom stereocenters. The monoisotopic (exact) mass is 379 g/mol. The number of aromatic nitrogens is 1. The van der Waals surface area contributed by atoms with Crippen LogP contribution in [0.15, 0.2) is 29.3 Å². The van der Waals surface area contributed by atoms with Gasteiger partial charge in [0.05, 0.1) is 10.6 Å². The van der Waals surface area contributed by atoms with Crippen LogP contribution in [0.5, 0.6) is 0 Å². The Balaban J connectivity index is 0.00000225. The Labute approximate surface area is 159 Å². The van der Waals surface area contributed by atoms with Crippen LogP contribution in [0.1, 0.15) is 48.5 Å². The number of thiazole rings is 1. The van der Waals surface area contributed by atoms with Gasteiger partial charge in [-0.25, -0.2) is 4.99 Å². The van der Waals surface area contributed by atoms with Crippen molar-refractivity contribution in [3.8, 4) is 0 Å². The minimum absolute atomic E-state index is 0. The zero-order valence-electron chi connectivity index (χ0n) is 15.1. The molecule has 4 nitrogen and oxygen atoms in total. The number of hydrogen-bond donors (Lipinski definition) is 0. The Hall–Kier alpha value is -1.59. The molecule has 1 aromatic carbocycles. The van der Waals surface area contributed by atoms with E-state index in [4.69, 9.17) is 4.99 Å². The van der Waals surface area contributed by atoms with Crippen molar-refractivity contribution in [1.29, 1.82) is 0 Å². The predicted molar refractivity (Wildman–Crippen MR) is 108 cm³/mol. The van der Waals surface area contributed by atoms with Crippen molar-refractivity contribution < 1.29 is 4.79 Å². The molecule has 1 aliphatic heterocycles. The molecule has 1 aromatic heterocycles. The number of benzene rings is 1. The molecule has 0 saturated carbocycles. The van der Waals surface area contributed by atoms with Crippen LogP contribution < -0.4 is 9.70 Å². The molecule has 1 saturated heterocycles. The van der Waals surface area contributed by atoms with Gasteiger partial charge in [0.1, 0.15) is 0 Å². The first-order valence-corrected chi connectivity index (χ1v) is 9.52. The van der Waals surface area contributed by atoms with Gasteiger partial charge in [-0.3, -0.25) is 4.79 Å². The largest absolute Gasteiger partial charge is 0.372 e. The van der Waals surface area contributed by atoms with Crippen LogP contribution in [0.2, 0.25) is 0 Å². The first-order chi connectivity index (χ1) is 11.6. The summed E-state index contributed by atoms with van der Waals surface area (Å²) in [6.45, 7) is 8.82. The highest BCUT2D eigenvalue weighted by Crippen LogP contribution is 2.23. The Morgan fingerprint density at radius 2 is 1.80 bits per heavy atom. The molecule has 0 aliphatic carbocycles. The van der Waals surface area contributed by atoms with Crippen LogP contribution in [-0.4, -0.2) is 23.4 Å². The number of nitrogens with zero attached hydrogens (tertiary/aromatic N) is 3. The Bertz CT molecular complexity index is 786. The fourth-order valence-corrected chi connectivity index (χ4v) is 4.38. The zero-order chi connectivity index (χ0) is 17.1. The number of ketones is 1. The van der Waals surface area contributed by atoms with Crippen LogP contribution in [-0.2, 0) is 6.54 Å². The normalized spacial score (nSPS) is 15.2. The second-order valence-electron chi connectivity index (χ2n) is 6.28. The SMILES string of the molecule is CCn1c(C)c(C(C)=O)sc1=Nc1ccc(N2CCCCC2)cc1.Cl. The van der Waals surface area contributed by atoms with Gasteiger partial charge in [-0.15, -0.1) is 12.4 Å². The van der Waals surface area contributed by atoms with E-state index in [0.29, 0.717) is 0 Å². The molecule has 0 bridgehead atoms. The van der Waals surface area contributed by atoms with E-state index in [-0.39, 0.29) is 18.2 Å². The van der Waals surface area contributed by atoms with E-state index in [2.05, 4.69) is 40.7 Å². The zero-order valence-corrected chi connectivity index (χ0v) is 16.8. The van der Waals surface area contributed by atoms with E-state index >= 15 is 0 Å². The lowest BCUT2D eigenvalue weighted by Crippen LogP contribution is -2.29. The molecular weight excluding hydrogens is 354 g/mol. The van der Waals surface area contributed by atoms with E-state index < -0.39 is 0 Å². The third-order valence-electron chi connectivity index (χ3n) is 4.59. The second-order valence-corrected chi connectivity index (χ2v) is 7.25. The summed E-state index contributed by atoms with van der Waals surface area (Å²) in [6.07, 6.45) is 3.91. The number of Topliss-reactive ketones (excluding diaryl/α,β-unsaturated/α-hetero) is 1. The summed E-state index contributed by atoms with van der Waals surface area (Å²) in [5.41, 5.74) is 3.23. The molecule has 0 unspecified atom stereocenters. The van der Waals surface area contributed by atoms with Crippen LogP contribution in [0.3, 0.4) is 0 Å². The summed E-state index contributed by atoms with van der Waals surface area (Å²) in [4.78, 5) is 20.7. The summed E-state index contributed by atoms with van der Waals surface area (Å²) in [7, 11) is 0. The van der Waals surface area contributed by atoms with Crippen molar-refractivity contribution in [2.45, 2.75) is 46.6 Å². The highest BCUT2D eigenvalue weighted by molar-refractivity contribution is 7.11. The van der Waals surface area contributed by atoms with Gasteiger partial charge in [0.25, 0.3) is 0 Å². The summed E-state index contributed by atoms with van der Waals surface area (Å²) in [6, 6.07) is 8.47. The Morgan fingerprint density at radius 3 is 2.36 bits per heavy atom. The highest BCUT2D eigenvalue weighted by atomic mass is 35.5. The smallest absolute Gasteiger partial charge is 0.190 e. The van der Waals surface area contributed by atoms with Gasteiger partial charge in [-0.2, -0.15) is 0 Å². The molecule has 25 heavy (non-hydrogen) atoms. The number of halogens is 1. The highest BCUT2D eigenvalue weighted by Gasteiger charge is 2.13. The number of carbonyl (C=O) groups excluding carboxylic acids is 1. The van der Waals surface area contributed by atoms with Crippen molar-refractivity contribution >= 4 is 40.9 Å². The number of carbonyl (C=O) groups is 1. The first kappa shape index (κ1) is 19.7. The van der Waals surface area contributed by atoms with Crippen LogP contribution >= 0.6 is 23.7 Å². The van der Waals surface area contributed by atoms with E-state index in [1.807, 2.05) is 6.92 Å². The second kappa shape index (κ2) is 8.68. The van der Waals surface area contributed by atoms with Crippen molar-refractivity contribution in [2.75, 3.05) is 18.0 Å². The fourth-order valence-electron chi connectivity index (χ4n) is 3.27. The summed E-state index contributed by atoms with van der Waals surface area (Å²) >= 11 is 1.48. The molecule has 1 aliphatic rings. The van der Waals surface area contributed by atoms with Gasteiger partial charge in [-0.05, 0) is 57.4 Å². The van der Waals surface area contributed by atoms with Gasteiger partial charge >= 0.3 is 0 Å². The quantitative estimate of drug-likeness (QED) is 0.720. The molecule has 0 N–H and O–H groups in total. The molecular formula is C19H26ClN3OS. The topological polar surface area (TPSA) is 37.6 Å². The number of piperidine rings is 1. The molecule has 0 radical (unpaired) electrons. The van der Waals surface area contributed by atoms with E-state index in [0.717, 1.165) is 40.7 Å². The Morgan fingerprint density at radius 1 is 1.16 bits per heavy atom. The van der Waals surface area contributed by atoms with Crippen molar-refractivity contribution in [3.05, 3.63) is 39.6 Å². The van der Waals surface area contributed by atoms with Crippen molar-refractivity contribution in [2.24, 2.45) is 4.99 Å². The van der Waals surface area contributed by atoms with Gasteiger partial charge in [-0.1, -0.05) is 11.3 Å². The number of hydrogen-bond acceptors (Lipinski definition) is 4. The molecule has 2 heterocycles. The lowest BCUT2D eigenvalue weighted by molar-refractivity contribution is 0.102. The summed E-state index contributed by atoms with van der Waals surface area (Å²) < 4.78 is 2.11. The fraction of sp³-hybridized carbons (Fsp3) is 0.474. The van der Waals surface area contributed by atoms with E-state index in [1.165, 1.54) is 36.3 Å². The maximum absolute atomic E-state index is 11.8. The van der Waals surface area contributed by atoms with Gasteiger partial charge in [0.2, 0.25) is 0 Å². The molecule has 0 amide bonds. The maximum Gasteiger partial charge on any atom is 0.190 e. The van der Waals surface area contributed by atoms with Crippen LogP contribution in [0, 0.1) is 6.92 Å². The van der Waals surface area contributed by atoms with Crippen molar-refractivity contribution in [1.82, 2.24) is 4.57 Å². The molecule has 6 heteroatoms. The lowest BCUT2D eigenvalue weighted by atomic mass is 10.1. The van der Waals surface area contributed by atoms with E-state index in [9.17, 15) is 4.79 Å².